The molecule has 2 aromatic carbocycles. The van der Waals surface area contributed by atoms with Crippen LogP contribution in [0.3, 0.4) is 0 Å². The molecular formula is C18H19NO3. The molecule has 0 spiro atoms. The number of carbonyl (C=O) groups excluding carboxylic acids is 1. The third-order valence-corrected chi connectivity index (χ3v) is 3.86. The van der Waals surface area contributed by atoms with Crippen molar-refractivity contribution in [1.29, 1.82) is 0 Å². The number of benzene rings is 2. The molecule has 0 aromatic heterocycles. The molecule has 0 radical (unpaired) electrons. The summed E-state index contributed by atoms with van der Waals surface area (Å²) in [5, 5.41) is 13.0. The average molecular weight is 297 g/mol. The molecule has 2 N–H and O–H groups in total. The minimum absolute atomic E-state index is 0.114. The molecule has 1 aliphatic rings. The number of hydrogen-bond donors (Lipinski definition) is 2. The molecule has 0 saturated heterocycles. The Morgan fingerprint density at radius 2 is 1.86 bits per heavy atom. The van der Waals surface area contributed by atoms with Crippen molar-refractivity contribution in [2.24, 2.45) is 0 Å². The summed E-state index contributed by atoms with van der Waals surface area (Å²) >= 11 is 0. The van der Waals surface area contributed by atoms with Crippen LogP contribution >= 0.6 is 0 Å². The normalized spacial score (nSPS) is 19.5. The average Bonchev–Trinajstić information content (AvgIpc) is 2.84. The lowest BCUT2D eigenvalue weighted by Gasteiger charge is -2.18. The minimum Gasteiger partial charge on any atom is -0.493 e. The molecular weight excluding hydrogens is 278 g/mol. The van der Waals surface area contributed by atoms with E-state index in [-0.39, 0.29) is 18.4 Å². The largest absolute Gasteiger partial charge is 0.493 e. The van der Waals surface area contributed by atoms with E-state index < -0.39 is 6.10 Å². The first-order chi connectivity index (χ1) is 10.7. The molecule has 114 valence electrons. The summed E-state index contributed by atoms with van der Waals surface area (Å²) in [5.74, 6) is 0.637. The second-order valence-corrected chi connectivity index (χ2v) is 5.43. The quantitative estimate of drug-likeness (QED) is 0.890. The molecule has 22 heavy (non-hydrogen) atoms. The molecule has 1 aliphatic carbocycles. The van der Waals surface area contributed by atoms with Gasteiger partial charge in [0.1, 0.15) is 5.75 Å². The third kappa shape index (κ3) is 3.28. The topological polar surface area (TPSA) is 58.6 Å². The number of ether oxygens (including phenoxy) is 1. The van der Waals surface area contributed by atoms with Crippen LogP contribution in [-0.4, -0.2) is 23.7 Å². The van der Waals surface area contributed by atoms with E-state index in [1.165, 1.54) is 0 Å². The Morgan fingerprint density at radius 1 is 1.14 bits per heavy atom. The summed E-state index contributed by atoms with van der Waals surface area (Å²) in [4.78, 5) is 12.0. The molecule has 3 rings (SSSR count). The van der Waals surface area contributed by atoms with E-state index in [1.807, 2.05) is 54.6 Å². The van der Waals surface area contributed by atoms with Crippen LogP contribution in [0.25, 0.3) is 0 Å². The number of aliphatic hydroxyl groups excluding tert-OH is 1. The molecule has 0 saturated carbocycles. The Labute approximate surface area is 129 Å². The van der Waals surface area contributed by atoms with Gasteiger partial charge in [-0.1, -0.05) is 42.5 Å². The highest BCUT2D eigenvalue weighted by atomic mass is 16.5. The van der Waals surface area contributed by atoms with E-state index in [9.17, 15) is 9.90 Å². The van der Waals surface area contributed by atoms with Crippen molar-refractivity contribution < 1.29 is 14.6 Å². The van der Waals surface area contributed by atoms with Gasteiger partial charge in [-0.05, 0) is 23.3 Å². The molecule has 1 amide bonds. The van der Waals surface area contributed by atoms with Gasteiger partial charge >= 0.3 is 0 Å². The maximum Gasteiger partial charge on any atom is 0.223 e. The maximum atomic E-state index is 12.0. The van der Waals surface area contributed by atoms with Gasteiger partial charge in [-0.25, -0.2) is 0 Å². The molecule has 0 heterocycles. The van der Waals surface area contributed by atoms with Crippen molar-refractivity contribution in [3.05, 3.63) is 65.7 Å². The highest BCUT2D eigenvalue weighted by molar-refractivity contribution is 5.77. The van der Waals surface area contributed by atoms with Gasteiger partial charge in [0.15, 0.2) is 0 Å². The van der Waals surface area contributed by atoms with Crippen LogP contribution in [0.4, 0.5) is 0 Å². The van der Waals surface area contributed by atoms with Crippen molar-refractivity contribution in [2.45, 2.75) is 25.0 Å². The van der Waals surface area contributed by atoms with Gasteiger partial charge in [-0.15, -0.1) is 0 Å². The smallest absolute Gasteiger partial charge is 0.223 e. The highest BCUT2D eigenvalue weighted by Gasteiger charge is 2.31. The van der Waals surface area contributed by atoms with Crippen LogP contribution in [0.15, 0.2) is 54.6 Å². The molecule has 2 aromatic rings. The predicted molar refractivity (Wildman–Crippen MR) is 83.6 cm³/mol. The summed E-state index contributed by atoms with van der Waals surface area (Å²) < 4.78 is 5.51. The van der Waals surface area contributed by atoms with E-state index in [4.69, 9.17) is 4.74 Å². The van der Waals surface area contributed by atoms with E-state index in [0.29, 0.717) is 13.0 Å². The van der Waals surface area contributed by atoms with E-state index in [2.05, 4.69) is 5.32 Å². The molecule has 4 heteroatoms. The van der Waals surface area contributed by atoms with Gasteiger partial charge in [0, 0.05) is 6.42 Å². The Hall–Kier alpha value is -2.33. The fourth-order valence-corrected chi connectivity index (χ4v) is 2.77. The third-order valence-electron chi connectivity index (χ3n) is 3.86. The SMILES string of the molecule is O=C(CCOc1ccccc1)NC1c2ccccc2CC1O. The van der Waals surface area contributed by atoms with Crippen LogP contribution in [0.1, 0.15) is 23.6 Å². The number of para-hydroxylation sites is 1. The van der Waals surface area contributed by atoms with E-state index in [0.717, 1.165) is 16.9 Å². The van der Waals surface area contributed by atoms with Gasteiger partial charge in [0.05, 0.1) is 25.2 Å². The lowest BCUT2D eigenvalue weighted by Crippen LogP contribution is -2.34. The Balaban J connectivity index is 1.52. The number of hydrogen-bond acceptors (Lipinski definition) is 3. The lowest BCUT2D eigenvalue weighted by molar-refractivity contribution is -0.123. The molecule has 4 nitrogen and oxygen atoms in total. The standard InChI is InChI=1S/C18H19NO3/c20-16-12-13-6-4-5-9-15(13)18(16)19-17(21)10-11-22-14-7-2-1-3-8-14/h1-9,16,18,20H,10-12H2,(H,19,21). The molecule has 0 fully saturated rings. The Bertz CT molecular complexity index is 642. The number of aliphatic hydroxyl groups is 1. The first-order valence-corrected chi connectivity index (χ1v) is 7.47. The fourth-order valence-electron chi connectivity index (χ4n) is 2.77. The van der Waals surface area contributed by atoms with Crippen molar-refractivity contribution in [3.63, 3.8) is 0 Å². The second kappa shape index (κ2) is 6.62. The number of rotatable bonds is 5. The summed E-state index contributed by atoms with van der Waals surface area (Å²) in [7, 11) is 0. The van der Waals surface area contributed by atoms with E-state index in [1.54, 1.807) is 0 Å². The van der Waals surface area contributed by atoms with Crippen LogP contribution in [0.5, 0.6) is 5.75 Å². The minimum atomic E-state index is -0.559. The summed E-state index contributed by atoms with van der Waals surface area (Å²) in [6, 6.07) is 16.9. The van der Waals surface area contributed by atoms with Crippen molar-refractivity contribution >= 4 is 5.91 Å². The fraction of sp³-hybridized carbons (Fsp3) is 0.278. The zero-order valence-electron chi connectivity index (χ0n) is 12.2. The number of carbonyl (C=O) groups is 1. The van der Waals surface area contributed by atoms with Gasteiger partial charge in [0.25, 0.3) is 0 Å². The van der Waals surface area contributed by atoms with Gasteiger partial charge in [-0.2, -0.15) is 0 Å². The van der Waals surface area contributed by atoms with Gasteiger partial charge in [-0.3, -0.25) is 4.79 Å². The summed E-state index contributed by atoms with van der Waals surface area (Å²) in [6.45, 7) is 0.320. The zero-order chi connectivity index (χ0) is 15.4. The lowest BCUT2D eigenvalue weighted by atomic mass is 10.1. The Morgan fingerprint density at radius 3 is 2.68 bits per heavy atom. The number of nitrogens with one attached hydrogen (secondary N) is 1. The zero-order valence-corrected chi connectivity index (χ0v) is 12.2. The summed E-state index contributed by atoms with van der Waals surface area (Å²) in [6.07, 6.45) is 0.290. The van der Waals surface area contributed by atoms with Crippen LogP contribution in [0, 0.1) is 0 Å². The van der Waals surface area contributed by atoms with Crippen molar-refractivity contribution in [3.8, 4) is 5.75 Å². The molecule has 0 aliphatic heterocycles. The molecule has 0 bridgehead atoms. The van der Waals surface area contributed by atoms with Crippen molar-refractivity contribution in [2.75, 3.05) is 6.61 Å². The predicted octanol–water partition coefficient (Wildman–Crippen LogP) is 2.23. The van der Waals surface area contributed by atoms with Gasteiger partial charge in [0.2, 0.25) is 5.91 Å². The second-order valence-electron chi connectivity index (χ2n) is 5.43. The number of amides is 1. The number of fused-ring (bicyclic) bond motifs is 1. The van der Waals surface area contributed by atoms with Crippen LogP contribution in [-0.2, 0) is 11.2 Å². The first-order valence-electron chi connectivity index (χ1n) is 7.47. The van der Waals surface area contributed by atoms with Gasteiger partial charge < -0.3 is 15.2 Å². The Kier molecular flexibility index (Phi) is 4.39. The molecule has 2 atom stereocenters. The van der Waals surface area contributed by atoms with E-state index >= 15 is 0 Å². The van der Waals surface area contributed by atoms with Crippen molar-refractivity contribution in [1.82, 2.24) is 5.32 Å². The van der Waals surface area contributed by atoms with Crippen LogP contribution < -0.4 is 10.1 Å². The van der Waals surface area contributed by atoms with Crippen LogP contribution in [0.2, 0.25) is 0 Å². The summed E-state index contributed by atoms with van der Waals surface area (Å²) in [5.41, 5.74) is 2.10. The molecule has 2 unspecified atom stereocenters. The monoisotopic (exact) mass is 297 g/mol. The first kappa shape index (κ1) is 14.6. The highest BCUT2D eigenvalue weighted by Crippen LogP contribution is 2.31. The maximum absolute atomic E-state index is 12.0.